The lowest BCUT2D eigenvalue weighted by Crippen LogP contribution is -2.72. The molecule has 5 aliphatic carbocycles. The van der Waals surface area contributed by atoms with Crippen molar-refractivity contribution < 1.29 is 19.1 Å². The zero-order valence-electron chi connectivity index (χ0n) is 24.2. The molecule has 0 aromatic rings. The van der Waals surface area contributed by atoms with Crippen molar-refractivity contribution in [2.75, 3.05) is 6.61 Å². The fourth-order valence-corrected chi connectivity index (χ4v) is 12.4. The number of esters is 1. The van der Waals surface area contributed by atoms with Crippen molar-refractivity contribution in [2.45, 2.75) is 125 Å². The molecule has 1 spiro atoms. The molecule has 7 fully saturated rings. The summed E-state index contributed by atoms with van der Waals surface area (Å²) in [6.07, 6.45) is 10.5. The summed E-state index contributed by atoms with van der Waals surface area (Å²) >= 11 is 0. The van der Waals surface area contributed by atoms with Gasteiger partial charge in [0.1, 0.15) is 11.7 Å². The van der Waals surface area contributed by atoms with Crippen LogP contribution in [0.3, 0.4) is 0 Å². The van der Waals surface area contributed by atoms with Crippen molar-refractivity contribution in [3.8, 4) is 0 Å². The Kier molecular flexibility index (Phi) is 5.21. The molecule has 2 aliphatic heterocycles. The van der Waals surface area contributed by atoms with Crippen LogP contribution in [0.25, 0.3) is 0 Å². The molecule has 4 nitrogen and oxygen atoms in total. The highest BCUT2D eigenvalue weighted by Crippen LogP contribution is 2.77. The molecular weight excluding hydrogens is 448 g/mol. The molecule has 7 aliphatic rings. The van der Waals surface area contributed by atoms with Crippen LogP contribution < -0.4 is 0 Å². The molecule has 0 aromatic heterocycles. The molecule has 2 heterocycles. The van der Waals surface area contributed by atoms with Gasteiger partial charge in [0.25, 0.3) is 0 Å². The molecule has 2 saturated heterocycles. The van der Waals surface area contributed by atoms with Gasteiger partial charge in [-0.2, -0.15) is 0 Å². The summed E-state index contributed by atoms with van der Waals surface area (Å²) in [5, 5.41) is 0. The van der Waals surface area contributed by atoms with E-state index in [0.717, 1.165) is 25.9 Å². The van der Waals surface area contributed by atoms with Crippen molar-refractivity contribution in [1.29, 1.82) is 0 Å². The number of fused-ring (bicyclic) bond motifs is 7. The lowest BCUT2D eigenvalue weighted by molar-refractivity contribution is -0.294. The molecule has 202 valence electrons. The Morgan fingerprint density at radius 1 is 0.889 bits per heavy atom. The van der Waals surface area contributed by atoms with Crippen molar-refractivity contribution in [2.24, 2.45) is 56.7 Å². The highest BCUT2D eigenvalue weighted by Gasteiger charge is 2.73. The predicted octanol–water partition coefficient (Wildman–Crippen LogP) is 6.99. The van der Waals surface area contributed by atoms with Crippen LogP contribution in [-0.4, -0.2) is 30.1 Å². The summed E-state index contributed by atoms with van der Waals surface area (Å²) in [6.45, 7) is 19.5. The minimum absolute atomic E-state index is 0.0116. The van der Waals surface area contributed by atoms with Gasteiger partial charge in [-0.05, 0) is 104 Å². The fourth-order valence-electron chi connectivity index (χ4n) is 12.4. The van der Waals surface area contributed by atoms with Gasteiger partial charge in [0, 0.05) is 24.2 Å². The van der Waals surface area contributed by atoms with Crippen LogP contribution in [0.4, 0.5) is 0 Å². The second-order valence-corrected chi connectivity index (χ2v) is 15.8. The maximum Gasteiger partial charge on any atom is 0.302 e. The Morgan fingerprint density at radius 3 is 2.28 bits per heavy atom. The Labute approximate surface area is 219 Å². The first-order valence-corrected chi connectivity index (χ1v) is 15.0. The number of rotatable bonds is 1. The number of hydrogen-bond donors (Lipinski definition) is 0. The lowest BCUT2D eigenvalue weighted by atomic mass is 9.30. The van der Waals surface area contributed by atoms with Gasteiger partial charge in [0.15, 0.2) is 5.78 Å². The zero-order chi connectivity index (χ0) is 26.1. The quantitative estimate of drug-likeness (QED) is 0.366. The van der Waals surface area contributed by atoms with Gasteiger partial charge in [-0.15, -0.1) is 0 Å². The molecule has 11 atom stereocenters. The van der Waals surface area contributed by atoms with E-state index in [4.69, 9.17) is 9.47 Å². The highest BCUT2D eigenvalue weighted by molar-refractivity contribution is 5.89. The number of carbonyl (C=O) groups is 2. The van der Waals surface area contributed by atoms with E-state index in [0.29, 0.717) is 51.6 Å². The van der Waals surface area contributed by atoms with E-state index in [1.807, 2.05) is 0 Å². The molecule has 36 heavy (non-hydrogen) atoms. The number of carbonyl (C=O) groups excluding carboxylic acids is 2. The second kappa shape index (κ2) is 7.39. The van der Waals surface area contributed by atoms with Gasteiger partial charge < -0.3 is 9.47 Å². The van der Waals surface area contributed by atoms with Crippen LogP contribution in [-0.2, 0) is 19.1 Å². The van der Waals surface area contributed by atoms with Crippen LogP contribution in [0.5, 0.6) is 0 Å². The molecule has 0 radical (unpaired) electrons. The van der Waals surface area contributed by atoms with Crippen molar-refractivity contribution in [3.05, 3.63) is 0 Å². The molecule has 5 saturated carbocycles. The fraction of sp³-hybridized carbons (Fsp3) is 0.938. The van der Waals surface area contributed by atoms with E-state index in [2.05, 4.69) is 48.5 Å². The highest BCUT2D eigenvalue weighted by atomic mass is 16.5. The molecule has 4 heteroatoms. The van der Waals surface area contributed by atoms with Crippen LogP contribution in [0.15, 0.2) is 0 Å². The van der Waals surface area contributed by atoms with Gasteiger partial charge in [-0.3, -0.25) is 9.59 Å². The Morgan fingerprint density at radius 2 is 1.61 bits per heavy atom. The summed E-state index contributed by atoms with van der Waals surface area (Å²) in [4.78, 5) is 25.1. The molecule has 0 N–H and O–H groups in total. The number of hydrogen-bond acceptors (Lipinski definition) is 4. The number of Topliss-reactive ketones (excluding diaryl/α,β-unsaturated/α-hetero) is 1. The first kappa shape index (κ1) is 25.4. The third kappa shape index (κ3) is 2.81. The molecule has 0 aromatic carbocycles. The molecular formula is C32H50O4. The van der Waals surface area contributed by atoms with Crippen LogP contribution in [0.2, 0.25) is 0 Å². The van der Waals surface area contributed by atoms with Crippen LogP contribution in [0, 0.1) is 56.7 Å². The standard InChI is InChI=1S/C32H50O4/c1-19-26-21-9-10-23-28(5)13-12-25(36-20(2)33)27(3,4)22(28)11-14-30(23,7)29(21,6)15-16-32(26)17-24(34)31(19,8)35-18-32/h19,21-23,25-26H,9-18H2,1-8H3/t19-,21+,22+,23-,25+,26+,28-,29-,30+,31-,32+/m1/s1. The molecule has 2 bridgehead atoms. The second-order valence-electron chi connectivity index (χ2n) is 15.8. The minimum Gasteiger partial charge on any atom is -0.462 e. The van der Waals surface area contributed by atoms with Gasteiger partial charge >= 0.3 is 5.97 Å². The predicted molar refractivity (Wildman–Crippen MR) is 140 cm³/mol. The van der Waals surface area contributed by atoms with E-state index in [1.54, 1.807) is 6.92 Å². The van der Waals surface area contributed by atoms with Gasteiger partial charge in [-0.1, -0.05) is 41.5 Å². The lowest BCUT2D eigenvalue weighted by Gasteiger charge is -2.75. The number of ether oxygens (including phenoxy) is 2. The van der Waals surface area contributed by atoms with Crippen molar-refractivity contribution in [3.63, 3.8) is 0 Å². The van der Waals surface area contributed by atoms with Gasteiger partial charge in [-0.25, -0.2) is 0 Å². The number of ketones is 1. The monoisotopic (exact) mass is 498 g/mol. The van der Waals surface area contributed by atoms with Gasteiger partial charge in [0.2, 0.25) is 0 Å². The maximum absolute atomic E-state index is 13.2. The third-order valence-corrected chi connectivity index (χ3v) is 14.6. The zero-order valence-corrected chi connectivity index (χ0v) is 24.2. The molecule has 0 amide bonds. The smallest absolute Gasteiger partial charge is 0.302 e. The third-order valence-electron chi connectivity index (χ3n) is 14.6. The normalized spacial score (nSPS) is 57.2. The topological polar surface area (TPSA) is 52.6 Å². The van der Waals surface area contributed by atoms with E-state index >= 15 is 0 Å². The Hall–Kier alpha value is -0.900. The van der Waals surface area contributed by atoms with Crippen molar-refractivity contribution in [1.82, 2.24) is 0 Å². The van der Waals surface area contributed by atoms with Crippen LogP contribution in [0.1, 0.15) is 113 Å². The summed E-state index contributed by atoms with van der Waals surface area (Å²) in [5.41, 5.74) is 0.422. The summed E-state index contributed by atoms with van der Waals surface area (Å²) < 4.78 is 12.3. The molecule has 7 rings (SSSR count). The van der Waals surface area contributed by atoms with Crippen molar-refractivity contribution >= 4 is 11.8 Å². The van der Waals surface area contributed by atoms with E-state index < -0.39 is 5.60 Å². The van der Waals surface area contributed by atoms with Gasteiger partial charge in [0.05, 0.1) is 6.61 Å². The maximum atomic E-state index is 13.2. The first-order chi connectivity index (χ1) is 16.7. The average molecular weight is 499 g/mol. The Bertz CT molecular complexity index is 987. The summed E-state index contributed by atoms with van der Waals surface area (Å²) in [6, 6.07) is 0. The van der Waals surface area contributed by atoms with E-state index in [9.17, 15) is 9.59 Å². The summed E-state index contributed by atoms with van der Waals surface area (Å²) in [7, 11) is 0. The minimum atomic E-state index is -0.578. The van der Waals surface area contributed by atoms with E-state index in [1.165, 1.54) is 38.5 Å². The van der Waals surface area contributed by atoms with Crippen LogP contribution >= 0.6 is 0 Å². The first-order valence-electron chi connectivity index (χ1n) is 15.0. The van der Waals surface area contributed by atoms with E-state index in [-0.39, 0.29) is 22.9 Å². The largest absolute Gasteiger partial charge is 0.462 e. The average Bonchev–Trinajstić information content (AvgIpc) is 2.78. The Balaban J connectivity index is 1.36. The summed E-state index contributed by atoms with van der Waals surface area (Å²) in [5.74, 6) is 3.13. The molecule has 0 unspecified atom stereocenters. The SMILES string of the molecule is CC(=O)O[C@H]1CC[C@@]2(C)[C@H]3CC[C@H]4[C@@H]5[C@@H](C)[C@@]6(C)OC[C@]5(CC[C@@]4(C)[C@@]3(C)CC[C@H]2C1(C)C)CC6=O.